The van der Waals surface area contributed by atoms with Gasteiger partial charge in [-0.25, -0.2) is 4.39 Å². The molecule has 0 N–H and O–H groups in total. The van der Waals surface area contributed by atoms with E-state index >= 15 is 0 Å². The van der Waals surface area contributed by atoms with Crippen molar-refractivity contribution in [2.75, 3.05) is 11.9 Å². The van der Waals surface area contributed by atoms with Gasteiger partial charge in [0.2, 0.25) is 0 Å². The third-order valence-corrected chi connectivity index (χ3v) is 2.72. The first-order valence-corrected chi connectivity index (χ1v) is 5.59. The number of amides is 1. The van der Waals surface area contributed by atoms with Crippen LogP contribution in [0, 0.1) is 10.7 Å². The number of benzene rings is 2. The van der Waals surface area contributed by atoms with Gasteiger partial charge in [0.25, 0.3) is 5.91 Å². The number of hydrogen-bond acceptors (Lipinski definition) is 3. The number of nitroso groups, excluding NO2 is 1. The van der Waals surface area contributed by atoms with Crippen LogP contribution in [0.5, 0.6) is 0 Å². The highest BCUT2D eigenvalue weighted by atomic mass is 19.1. The molecular weight excluding hydrogens is 247 g/mol. The Bertz CT molecular complexity index is 611. The van der Waals surface area contributed by atoms with Gasteiger partial charge < -0.3 is 4.90 Å². The second kappa shape index (κ2) is 5.39. The van der Waals surface area contributed by atoms with Gasteiger partial charge in [0.1, 0.15) is 11.5 Å². The first kappa shape index (κ1) is 12.9. The lowest BCUT2D eigenvalue weighted by Gasteiger charge is -2.17. The normalized spacial score (nSPS) is 10.0. The Morgan fingerprint density at radius 2 is 1.84 bits per heavy atom. The van der Waals surface area contributed by atoms with Crippen LogP contribution in [-0.2, 0) is 0 Å². The third-order valence-electron chi connectivity index (χ3n) is 2.72. The number of halogens is 1. The summed E-state index contributed by atoms with van der Waals surface area (Å²) in [6.45, 7) is 0. The molecule has 5 heteroatoms. The zero-order chi connectivity index (χ0) is 13.8. The van der Waals surface area contributed by atoms with Crippen molar-refractivity contribution in [3.63, 3.8) is 0 Å². The predicted molar refractivity (Wildman–Crippen MR) is 71.0 cm³/mol. The van der Waals surface area contributed by atoms with Gasteiger partial charge in [-0.3, -0.25) is 4.79 Å². The standard InChI is InChI=1S/C14H11FN2O2/c1-17(13-7-5-11(15)6-8-13)14(18)10-3-2-4-12(9-10)16-19/h2-9H,1H3. The van der Waals surface area contributed by atoms with Crippen molar-refractivity contribution >= 4 is 17.3 Å². The van der Waals surface area contributed by atoms with E-state index in [-0.39, 0.29) is 17.4 Å². The molecule has 0 radical (unpaired) electrons. The lowest BCUT2D eigenvalue weighted by molar-refractivity contribution is 0.0993. The first-order valence-electron chi connectivity index (χ1n) is 5.59. The van der Waals surface area contributed by atoms with E-state index in [1.54, 1.807) is 19.2 Å². The number of carbonyl (C=O) groups excluding carboxylic acids is 1. The van der Waals surface area contributed by atoms with Gasteiger partial charge in [-0.2, -0.15) is 0 Å². The molecule has 1 amide bonds. The Kier molecular flexibility index (Phi) is 3.66. The second-order valence-electron chi connectivity index (χ2n) is 3.98. The number of hydrogen-bond donors (Lipinski definition) is 0. The molecule has 0 unspecified atom stereocenters. The molecule has 0 fully saturated rings. The van der Waals surface area contributed by atoms with Crippen LogP contribution in [0.15, 0.2) is 53.7 Å². The topological polar surface area (TPSA) is 49.7 Å². The van der Waals surface area contributed by atoms with Crippen LogP contribution in [0.3, 0.4) is 0 Å². The fraction of sp³-hybridized carbons (Fsp3) is 0.0714. The molecule has 0 aliphatic carbocycles. The maximum Gasteiger partial charge on any atom is 0.258 e. The van der Waals surface area contributed by atoms with Crippen LogP contribution < -0.4 is 4.90 Å². The highest BCUT2D eigenvalue weighted by Crippen LogP contribution is 2.19. The van der Waals surface area contributed by atoms with Crippen LogP contribution in [-0.4, -0.2) is 13.0 Å². The molecule has 0 aromatic heterocycles. The van der Waals surface area contributed by atoms with Crippen molar-refractivity contribution in [3.8, 4) is 0 Å². The molecule has 96 valence electrons. The first-order chi connectivity index (χ1) is 9.11. The van der Waals surface area contributed by atoms with E-state index in [4.69, 9.17) is 0 Å². The van der Waals surface area contributed by atoms with Gasteiger partial charge in [0, 0.05) is 18.3 Å². The van der Waals surface area contributed by atoms with Gasteiger partial charge in [0.15, 0.2) is 0 Å². The quantitative estimate of drug-likeness (QED) is 0.791. The van der Waals surface area contributed by atoms with Crippen LogP contribution in [0.2, 0.25) is 0 Å². The summed E-state index contributed by atoms with van der Waals surface area (Å²) < 4.78 is 12.8. The monoisotopic (exact) mass is 258 g/mol. The van der Waals surface area contributed by atoms with Crippen molar-refractivity contribution in [2.45, 2.75) is 0 Å². The Hall–Kier alpha value is -2.56. The summed E-state index contributed by atoms with van der Waals surface area (Å²) in [6, 6.07) is 11.7. The fourth-order valence-corrected chi connectivity index (χ4v) is 1.67. The lowest BCUT2D eigenvalue weighted by Crippen LogP contribution is -2.26. The van der Waals surface area contributed by atoms with Crippen molar-refractivity contribution in [1.82, 2.24) is 0 Å². The van der Waals surface area contributed by atoms with Gasteiger partial charge in [-0.1, -0.05) is 6.07 Å². The number of rotatable bonds is 3. The van der Waals surface area contributed by atoms with Crippen molar-refractivity contribution in [3.05, 3.63) is 64.8 Å². The summed E-state index contributed by atoms with van der Waals surface area (Å²) in [6.07, 6.45) is 0. The summed E-state index contributed by atoms with van der Waals surface area (Å²) >= 11 is 0. The maximum absolute atomic E-state index is 12.8. The smallest absolute Gasteiger partial charge is 0.258 e. The second-order valence-corrected chi connectivity index (χ2v) is 3.98. The van der Waals surface area contributed by atoms with E-state index in [2.05, 4.69) is 5.18 Å². The molecule has 4 nitrogen and oxygen atoms in total. The SMILES string of the molecule is CN(C(=O)c1cccc(N=O)c1)c1ccc(F)cc1. The molecule has 0 heterocycles. The van der Waals surface area contributed by atoms with Crippen LogP contribution in [0.4, 0.5) is 15.8 Å². The van der Waals surface area contributed by atoms with Gasteiger partial charge >= 0.3 is 0 Å². The molecule has 0 saturated carbocycles. The predicted octanol–water partition coefficient (Wildman–Crippen LogP) is 3.50. The molecule has 0 bridgehead atoms. The summed E-state index contributed by atoms with van der Waals surface area (Å²) in [7, 11) is 1.58. The average molecular weight is 258 g/mol. The Morgan fingerprint density at radius 3 is 2.47 bits per heavy atom. The van der Waals surface area contributed by atoms with E-state index in [0.29, 0.717) is 11.3 Å². The molecule has 0 aliphatic rings. The summed E-state index contributed by atoms with van der Waals surface area (Å²) in [5.74, 6) is -0.658. The number of carbonyl (C=O) groups is 1. The molecule has 0 spiro atoms. The van der Waals surface area contributed by atoms with Crippen LogP contribution >= 0.6 is 0 Å². The maximum atomic E-state index is 12.8. The zero-order valence-electron chi connectivity index (χ0n) is 10.2. The minimum Gasteiger partial charge on any atom is -0.311 e. The van der Waals surface area contributed by atoms with Crippen molar-refractivity contribution in [2.24, 2.45) is 5.18 Å². The van der Waals surface area contributed by atoms with Gasteiger partial charge in [0.05, 0.1) is 0 Å². The lowest BCUT2D eigenvalue weighted by atomic mass is 10.1. The third kappa shape index (κ3) is 2.82. The molecule has 0 aliphatic heterocycles. The van der Waals surface area contributed by atoms with Gasteiger partial charge in [-0.05, 0) is 47.6 Å². The molecule has 0 saturated heterocycles. The Morgan fingerprint density at radius 1 is 1.16 bits per heavy atom. The Labute approximate surface area is 109 Å². The largest absolute Gasteiger partial charge is 0.311 e. The summed E-state index contributed by atoms with van der Waals surface area (Å²) in [5, 5.41) is 2.79. The van der Waals surface area contributed by atoms with Crippen LogP contribution in [0.1, 0.15) is 10.4 Å². The van der Waals surface area contributed by atoms with Gasteiger partial charge in [-0.15, -0.1) is 4.91 Å². The van der Waals surface area contributed by atoms with E-state index in [1.165, 1.54) is 41.3 Å². The van der Waals surface area contributed by atoms with Crippen molar-refractivity contribution in [1.29, 1.82) is 0 Å². The molecule has 2 aromatic carbocycles. The highest BCUT2D eigenvalue weighted by Gasteiger charge is 2.13. The number of nitrogens with zero attached hydrogens (tertiary/aromatic N) is 2. The highest BCUT2D eigenvalue weighted by molar-refractivity contribution is 6.06. The van der Waals surface area contributed by atoms with E-state index in [1.807, 2.05) is 0 Å². The minimum absolute atomic E-state index is 0.193. The molecule has 0 atom stereocenters. The fourth-order valence-electron chi connectivity index (χ4n) is 1.67. The summed E-state index contributed by atoms with van der Waals surface area (Å²) in [5.41, 5.74) is 1.11. The van der Waals surface area contributed by atoms with E-state index in [9.17, 15) is 14.1 Å². The number of anilines is 1. The van der Waals surface area contributed by atoms with Crippen molar-refractivity contribution < 1.29 is 9.18 Å². The van der Waals surface area contributed by atoms with E-state index < -0.39 is 0 Å². The molecular formula is C14H11FN2O2. The average Bonchev–Trinajstić information content (AvgIpc) is 2.46. The zero-order valence-corrected chi connectivity index (χ0v) is 10.2. The molecule has 2 rings (SSSR count). The van der Waals surface area contributed by atoms with Crippen LogP contribution in [0.25, 0.3) is 0 Å². The Balaban J connectivity index is 2.27. The molecule has 19 heavy (non-hydrogen) atoms. The summed E-state index contributed by atoms with van der Waals surface area (Å²) in [4.78, 5) is 24.0. The minimum atomic E-state index is -0.364. The van der Waals surface area contributed by atoms with E-state index in [0.717, 1.165) is 0 Å². The molecule has 2 aromatic rings.